The number of nitrogens with zero attached hydrogens (tertiary/aromatic N) is 2. The molecule has 2 heterocycles. The van der Waals surface area contributed by atoms with E-state index in [-0.39, 0.29) is 6.61 Å². The van der Waals surface area contributed by atoms with E-state index in [1.165, 1.54) is 0 Å². The summed E-state index contributed by atoms with van der Waals surface area (Å²) in [4.78, 5) is 3.95. The molecule has 4 nitrogen and oxygen atoms in total. The van der Waals surface area contributed by atoms with E-state index in [1.807, 2.05) is 12.1 Å². The second-order valence-electron chi connectivity index (χ2n) is 2.58. The Kier molecular flexibility index (Phi) is 2.06. The average molecular weight is 176 g/mol. The van der Waals surface area contributed by atoms with Gasteiger partial charge in [0.05, 0.1) is 0 Å². The van der Waals surface area contributed by atoms with Crippen molar-refractivity contribution >= 4 is 0 Å². The second kappa shape index (κ2) is 3.37. The number of aliphatic hydroxyl groups excluding tert-OH is 1. The SMILES string of the molecule is OCc1cc(-c2cccnc2)no1. The molecule has 0 amide bonds. The van der Waals surface area contributed by atoms with Gasteiger partial charge >= 0.3 is 0 Å². The molecule has 0 aromatic carbocycles. The highest BCUT2D eigenvalue weighted by Gasteiger charge is 2.04. The summed E-state index contributed by atoms with van der Waals surface area (Å²) in [5, 5.41) is 12.5. The van der Waals surface area contributed by atoms with Crippen LogP contribution in [-0.2, 0) is 6.61 Å². The normalized spacial score (nSPS) is 10.2. The maximum absolute atomic E-state index is 8.75. The minimum atomic E-state index is -0.132. The Morgan fingerprint density at radius 3 is 3.00 bits per heavy atom. The summed E-state index contributed by atoms with van der Waals surface area (Å²) in [6.45, 7) is -0.132. The lowest BCUT2D eigenvalue weighted by Gasteiger charge is -1.90. The summed E-state index contributed by atoms with van der Waals surface area (Å²) in [5.74, 6) is 0.457. The number of hydrogen-bond acceptors (Lipinski definition) is 4. The number of hydrogen-bond donors (Lipinski definition) is 1. The summed E-state index contributed by atoms with van der Waals surface area (Å²) in [5.41, 5.74) is 1.57. The Bertz CT molecular complexity index is 384. The molecule has 4 heteroatoms. The van der Waals surface area contributed by atoms with Crippen LogP contribution in [0.5, 0.6) is 0 Å². The molecule has 0 saturated heterocycles. The van der Waals surface area contributed by atoms with E-state index in [0.717, 1.165) is 5.56 Å². The fraction of sp³-hybridized carbons (Fsp3) is 0.111. The maximum Gasteiger partial charge on any atom is 0.162 e. The van der Waals surface area contributed by atoms with Gasteiger partial charge in [0.2, 0.25) is 0 Å². The van der Waals surface area contributed by atoms with Crippen LogP contribution < -0.4 is 0 Å². The van der Waals surface area contributed by atoms with Gasteiger partial charge in [0.15, 0.2) is 5.76 Å². The molecule has 0 atom stereocenters. The van der Waals surface area contributed by atoms with Gasteiger partial charge in [-0.15, -0.1) is 0 Å². The van der Waals surface area contributed by atoms with Crippen LogP contribution in [0.3, 0.4) is 0 Å². The van der Waals surface area contributed by atoms with Gasteiger partial charge in [0, 0.05) is 24.0 Å². The number of aromatic nitrogens is 2. The lowest BCUT2D eigenvalue weighted by molar-refractivity contribution is 0.229. The van der Waals surface area contributed by atoms with E-state index in [1.54, 1.807) is 18.5 Å². The van der Waals surface area contributed by atoms with E-state index in [0.29, 0.717) is 11.5 Å². The lowest BCUT2D eigenvalue weighted by atomic mass is 10.2. The molecule has 0 fully saturated rings. The smallest absolute Gasteiger partial charge is 0.162 e. The minimum absolute atomic E-state index is 0.132. The van der Waals surface area contributed by atoms with Gasteiger partial charge in [-0.1, -0.05) is 5.16 Å². The molecule has 13 heavy (non-hydrogen) atoms. The van der Waals surface area contributed by atoms with Gasteiger partial charge in [-0.2, -0.15) is 0 Å². The van der Waals surface area contributed by atoms with Crippen LogP contribution in [0, 0.1) is 0 Å². The number of aliphatic hydroxyl groups is 1. The zero-order valence-corrected chi connectivity index (χ0v) is 6.84. The predicted molar refractivity (Wildman–Crippen MR) is 45.7 cm³/mol. The van der Waals surface area contributed by atoms with Crippen LogP contribution in [0.25, 0.3) is 11.3 Å². The van der Waals surface area contributed by atoms with E-state index < -0.39 is 0 Å². The monoisotopic (exact) mass is 176 g/mol. The largest absolute Gasteiger partial charge is 0.388 e. The maximum atomic E-state index is 8.75. The van der Waals surface area contributed by atoms with E-state index >= 15 is 0 Å². The van der Waals surface area contributed by atoms with Gasteiger partial charge in [-0.25, -0.2) is 0 Å². The minimum Gasteiger partial charge on any atom is -0.388 e. The summed E-state index contributed by atoms with van der Waals surface area (Å²) < 4.78 is 4.84. The number of pyridine rings is 1. The molecule has 2 rings (SSSR count). The summed E-state index contributed by atoms with van der Waals surface area (Å²) >= 11 is 0. The van der Waals surface area contributed by atoms with E-state index in [4.69, 9.17) is 9.63 Å². The van der Waals surface area contributed by atoms with Crippen LogP contribution in [0.15, 0.2) is 35.1 Å². The van der Waals surface area contributed by atoms with Crippen molar-refractivity contribution in [1.82, 2.24) is 10.1 Å². The summed E-state index contributed by atoms with van der Waals surface area (Å²) in [7, 11) is 0. The Morgan fingerprint density at radius 1 is 1.46 bits per heavy atom. The zero-order valence-electron chi connectivity index (χ0n) is 6.84. The van der Waals surface area contributed by atoms with Crippen LogP contribution in [0.1, 0.15) is 5.76 Å². The Balaban J connectivity index is 2.36. The van der Waals surface area contributed by atoms with Gasteiger partial charge in [-0.3, -0.25) is 4.98 Å². The Labute approximate surface area is 74.8 Å². The fourth-order valence-electron chi connectivity index (χ4n) is 1.04. The van der Waals surface area contributed by atoms with Crippen molar-refractivity contribution in [2.45, 2.75) is 6.61 Å². The predicted octanol–water partition coefficient (Wildman–Crippen LogP) is 1.23. The quantitative estimate of drug-likeness (QED) is 0.747. The third-order valence-electron chi connectivity index (χ3n) is 1.67. The molecule has 2 aromatic heterocycles. The van der Waals surface area contributed by atoms with E-state index in [9.17, 15) is 0 Å². The molecule has 2 aromatic rings. The zero-order chi connectivity index (χ0) is 9.10. The van der Waals surface area contributed by atoms with Crippen molar-refractivity contribution in [2.75, 3.05) is 0 Å². The molecule has 0 unspecified atom stereocenters. The highest BCUT2D eigenvalue weighted by Crippen LogP contribution is 2.17. The third-order valence-corrected chi connectivity index (χ3v) is 1.67. The first-order valence-electron chi connectivity index (χ1n) is 3.87. The topological polar surface area (TPSA) is 59.2 Å². The molecule has 0 aliphatic rings. The van der Waals surface area contributed by atoms with Crippen molar-refractivity contribution in [3.63, 3.8) is 0 Å². The second-order valence-corrected chi connectivity index (χ2v) is 2.58. The molecule has 0 bridgehead atoms. The van der Waals surface area contributed by atoms with Crippen molar-refractivity contribution < 1.29 is 9.63 Å². The molecule has 0 aliphatic carbocycles. The first kappa shape index (κ1) is 7.94. The Hall–Kier alpha value is -1.68. The van der Waals surface area contributed by atoms with Gasteiger partial charge in [-0.05, 0) is 12.1 Å². The average Bonchev–Trinajstić information content (AvgIpc) is 2.67. The Morgan fingerprint density at radius 2 is 2.38 bits per heavy atom. The molecule has 0 aliphatic heterocycles. The molecular weight excluding hydrogens is 168 g/mol. The molecule has 66 valence electrons. The summed E-state index contributed by atoms with van der Waals surface area (Å²) in [6.07, 6.45) is 3.38. The fourth-order valence-corrected chi connectivity index (χ4v) is 1.04. The van der Waals surface area contributed by atoms with Gasteiger partial charge in [0.25, 0.3) is 0 Å². The third kappa shape index (κ3) is 1.57. The number of rotatable bonds is 2. The van der Waals surface area contributed by atoms with Crippen LogP contribution in [-0.4, -0.2) is 15.2 Å². The molecular formula is C9H8N2O2. The van der Waals surface area contributed by atoms with Crippen molar-refractivity contribution in [1.29, 1.82) is 0 Å². The van der Waals surface area contributed by atoms with Crippen LogP contribution >= 0.6 is 0 Å². The molecule has 1 N–H and O–H groups in total. The van der Waals surface area contributed by atoms with Crippen LogP contribution in [0.4, 0.5) is 0 Å². The van der Waals surface area contributed by atoms with Crippen molar-refractivity contribution in [3.05, 3.63) is 36.4 Å². The molecule has 0 saturated carbocycles. The van der Waals surface area contributed by atoms with Crippen LogP contribution in [0.2, 0.25) is 0 Å². The van der Waals surface area contributed by atoms with Crippen molar-refractivity contribution in [2.24, 2.45) is 0 Å². The van der Waals surface area contributed by atoms with E-state index in [2.05, 4.69) is 10.1 Å². The molecule has 0 radical (unpaired) electrons. The lowest BCUT2D eigenvalue weighted by Crippen LogP contribution is -1.77. The highest BCUT2D eigenvalue weighted by atomic mass is 16.5. The first-order valence-corrected chi connectivity index (χ1v) is 3.87. The highest BCUT2D eigenvalue weighted by molar-refractivity contribution is 5.56. The standard InChI is InChI=1S/C9H8N2O2/c12-6-8-4-9(11-13-8)7-2-1-3-10-5-7/h1-5,12H,6H2. The summed E-state index contributed by atoms with van der Waals surface area (Å²) in [6, 6.07) is 5.39. The van der Waals surface area contributed by atoms with Gasteiger partial charge < -0.3 is 9.63 Å². The van der Waals surface area contributed by atoms with Crippen molar-refractivity contribution in [3.8, 4) is 11.3 Å². The van der Waals surface area contributed by atoms with Gasteiger partial charge in [0.1, 0.15) is 12.3 Å². The molecule has 0 spiro atoms. The first-order chi connectivity index (χ1) is 6.40.